The van der Waals surface area contributed by atoms with E-state index >= 15 is 0 Å². The predicted octanol–water partition coefficient (Wildman–Crippen LogP) is 2.16. The van der Waals surface area contributed by atoms with Crippen LogP contribution < -0.4 is 10.1 Å². The molecule has 0 heterocycles. The second-order valence-corrected chi connectivity index (χ2v) is 1.95. The number of ether oxygens (including phenoxy) is 1. The molecule has 1 N–H and O–H groups in total. The fraction of sp³-hybridized carbons (Fsp3) is 0.250. The molecule has 1 aromatic rings. The first-order valence-corrected chi connectivity index (χ1v) is 3.19. The molecule has 0 atom stereocenters. The van der Waals surface area contributed by atoms with E-state index < -0.39 is 0 Å². The van der Waals surface area contributed by atoms with Crippen molar-refractivity contribution in [1.82, 2.24) is 0 Å². The van der Waals surface area contributed by atoms with Gasteiger partial charge < -0.3 is 10.1 Å². The zero-order valence-corrected chi connectivity index (χ0v) is 7.44. The van der Waals surface area contributed by atoms with E-state index in [2.05, 4.69) is 5.32 Å². The average molecular weight is 174 g/mol. The second kappa shape index (κ2) is 4.85. The minimum Gasteiger partial charge on any atom is -0.495 e. The van der Waals surface area contributed by atoms with Crippen molar-refractivity contribution in [3.8, 4) is 5.75 Å². The largest absolute Gasteiger partial charge is 0.495 e. The van der Waals surface area contributed by atoms with E-state index in [0.717, 1.165) is 11.4 Å². The van der Waals surface area contributed by atoms with E-state index in [0.29, 0.717) is 0 Å². The van der Waals surface area contributed by atoms with Crippen molar-refractivity contribution in [2.24, 2.45) is 0 Å². The predicted molar refractivity (Wildman–Crippen MR) is 49.8 cm³/mol. The molecular weight excluding hydrogens is 162 g/mol. The normalized spacial score (nSPS) is 8.18. The molecule has 0 aliphatic carbocycles. The number of para-hydroxylation sites is 2. The van der Waals surface area contributed by atoms with Gasteiger partial charge in [-0.05, 0) is 12.1 Å². The van der Waals surface area contributed by atoms with Crippen molar-refractivity contribution >= 4 is 18.1 Å². The fourth-order valence-electron chi connectivity index (χ4n) is 0.851. The van der Waals surface area contributed by atoms with Gasteiger partial charge in [0.15, 0.2) is 0 Å². The molecule has 0 aliphatic rings. The highest BCUT2D eigenvalue weighted by Gasteiger charge is 1.95. The number of anilines is 1. The quantitative estimate of drug-likeness (QED) is 0.740. The maximum Gasteiger partial charge on any atom is 0.141 e. The van der Waals surface area contributed by atoms with Crippen LogP contribution in [0.1, 0.15) is 0 Å². The molecule has 0 fully saturated rings. The topological polar surface area (TPSA) is 21.3 Å². The van der Waals surface area contributed by atoms with Gasteiger partial charge in [-0.25, -0.2) is 0 Å². The van der Waals surface area contributed by atoms with Crippen molar-refractivity contribution in [2.45, 2.75) is 0 Å². The zero-order valence-electron chi connectivity index (χ0n) is 6.63. The van der Waals surface area contributed by atoms with E-state index in [1.807, 2.05) is 31.3 Å². The molecule has 0 radical (unpaired) electrons. The molecule has 0 saturated carbocycles. The Bertz CT molecular complexity index is 192. The molecule has 0 spiro atoms. The molecule has 0 aliphatic heterocycles. The van der Waals surface area contributed by atoms with E-state index in [-0.39, 0.29) is 12.4 Å². The van der Waals surface area contributed by atoms with Crippen LogP contribution in [0.15, 0.2) is 24.3 Å². The lowest BCUT2D eigenvalue weighted by Crippen LogP contribution is -1.91. The Kier molecular flexibility index (Phi) is 4.46. The van der Waals surface area contributed by atoms with Crippen LogP contribution in [0.25, 0.3) is 0 Å². The van der Waals surface area contributed by atoms with E-state index in [9.17, 15) is 0 Å². The Morgan fingerprint density at radius 1 is 1.27 bits per heavy atom. The first-order valence-electron chi connectivity index (χ1n) is 3.19. The Morgan fingerprint density at radius 2 is 1.91 bits per heavy atom. The molecule has 2 nitrogen and oxygen atoms in total. The minimum absolute atomic E-state index is 0. The highest BCUT2D eigenvalue weighted by atomic mass is 35.5. The summed E-state index contributed by atoms with van der Waals surface area (Å²) in [6.45, 7) is 0. The van der Waals surface area contributed by atoms with Gasteiger partial charge in [0.25, 0.3) is 0 Å². The summed E-state index contributed by atoms with van der Waals surface area (Å²) in [4.78, 5) is 0. The lowest BCUT2D eigenvalue weighted by atomic mass is 10.3. The number of halogens is 1. The highest BCUT2D eigenvalue weighted by molar-refractivity contribution is 5.85. The SMILES string of the molecule is CNc1ccccc1OC.Cl. The van der Waals surface area contributed by atoms with Gasteiger partial charge in [0.2, 0.25) is 0 Å². The number of hydrogen-bond acceptors (Lipinski definition) is 2. The van der Waals surface area contributed by atoms with Crippen LogP contribution in [-0.4, -0.2) is 14.2 Å². The van der Waals surface area contributed by atoms with Crippen LogP contribution in [0.2, 0.25) is 0 Å². The molecular formula is C8H12ClNO. The van der Waals surface area contributed by atoms with Gasteiger partial charge in [-0.3, -0.25) is 0 Å². The van der Waals surface area contributed by atoms with Crippen LogP contribution in [0.4, 0.5) is 5.69 Å². The maximum atomic E-state index is 5.07. The third-order valence-electron chi connectivity index (χ3n) is 1.38. The standard InChI is InChI=1S/C8H11NO.ClH/c1-9-7-5-3-4-6-8(7)10-2;/h3-6,9H,1-2H3;1H. The van der Waals surface area contributed by atoms with E-state index in [1.54, 1.807) is 7.11 Å². The number of benzene rings is 1. The summed E-state index contributed by atoms with van der Waals surface area (Å²) >= 11 is 0. The molecule has 1 rings (SSSR count). The van der Waals surface area contributed by atoms with Crippen molar-refractivity contribution in [3.63, 3.8) is 0 Å². The smallest absolute Gasteiger partial charge is 0.141 e. The number of nitrogens with one attached hydrogen (secondary N) is 1. The van der Waals surface area contributed by atoms with Crippen LogP contribution >= 0.6 is 12.4 Å². The van der Waals surface area contributed by atoms with Gasteiger partial charge in [0.05, 0.1) is 12.8 Å². The van der Waals surface area contributed by atoms with Crippen LogP contribution in [0, 0.1) is 0 Å². The molecule has 0 unspecified atom stereocenters. The Labute approximate surface area is 73.0 Å². The van der Waals surface area contributed by atoms with Crippen molar-refractivity contribution in [2.75, 3.05) is 19.5 Å². The van der Waals surface area contributed by atoms with Crippen molar-refractivity contribution < 1.29 is 4.74 Å². The van der Waals surface area contributed by atoms with Crippen LogP contribution in [0.5, 0.6) is 5.75 Å². The molecule has 62 valence electrons. The van der Waals surface area contributed by atoms with Gasteiger partial charge in [-0.15, -0.1) is 12.4 Å². The number of hydrogen-bond donors (Lipinski definition) is 1. The minimum atomic E-state index is 0. The fourth-order valence-corrected chi connectivity index (χ4v) is 0.851. The average Bonchev–Trinajstić information content (AvgIpc) is 2.04. The zero-order chi connectivity index (χ0) is 7.40. The van der Waals surface area contributed by atoms with Crippen molar-refractivity contribution in [3.05, 3.63) is 24.3 Å². The third kappa shape index (κ3) is 2.31. The number of methoxy groups -OCH3 is 1. The first kappa shape index (κ1) is 10.1. The Hall–Kier alpha value is -0.890. The van der Waals surface area contributed by atoms with Gasteiger partial charge in [0, 0.05) is 7.05 Å². The second-order valence-electron chi connectivity index (χ2n) is 1.95. The van der Waals surface area contributed by atoms with E-state index in [1.165, 1.54) is 0 Å². The summed E-state index contributed by atoms with van der Waals surface area (Å²) < 4.78 is 5.07. The lowest BCUT2D eigenvalue weighted by Gasteiger charge is -2.05. The summed E-state index contributed by atoms with van der Waals surface area (Å²) in [6.07, 6.45) is 0. The molecule has 0 amide bonds. The first-order chi connectivity index (χ1) is 4.88. The Morgan fingerprint density at radius 3 is 2.36 bits per heavy atom. The highest BCUT2D eigenvalue weighted by Crippen LogP contribution is 2.21. The van der Waals surface area contributed by atoms with Crippen LogP contribution in [-0.2, 0) is 0 Å². The van der Waals surface area contributed by atoms with Gasteiger partial charge >= 0.3 is 0 Å². The van der Waals surface area contributed by atoms with Crippen molar-refractivity contribution in [1.29, 1.82) is 0 Å². The summed E-state index contributed by atoms with van der Waals surface area (Å²) in [7, 11) is 3.54. The summed E-state index contributed by atoms with van der Waals surface area (Å²) in [5.74, 6) is 0.880. The molecule has 11 heavy (non-hydrogen) atoms. The monoisotopic (exact) mass is 173 g/mol. The van der Waals surface area contributed by atoms with Gasteiger partial charge in [0.1, 0.15) is 5.75 Å². The van der Waals surface area contributed by atoms with Crippen LogP contribution in [0.3, 0.4) is 0 Å². The maximum absolute atomic E-state index is 5.07. The molecule has 0 aromatic heterocycles. The third-order valence-corrected chi connectivity index (χ3v) is 1.38. The summed E-state index contributed by atoms with van der Waals surface area (Å²) in [5, 5.41) is 3.02. The number of rotatable bonds is 2. The molecule has 1 aromatic carbocycles. The van der Waals surface area contributed by atoms with E-state index in [4.69, 9.17) is 4.74 Å². The lowest BCUT2D eigenvalue weighted by molar-refractivity contribution is 0.416. The summed E-state index contributed by atoms with van der Waals surface area (Å²) in [6, 6.07) is 7.80. The Balaban J connectivity index is 0.000001000. The molecule has 3 heteroatoms. The molecule has 0 bridgehead atoms. The molecule has 0 saturated heterocycles. The summed E-state index contributed by atoms with van der Waals surface area (Å²) in [5.41, 5.74) is 1.02. The van der Waals surface area contributed by atoms with Gasteiger partial charge in [-0.1, -0.05) is 12.1 Å². The van der Waals surface area contributed by atoms with Gasteiger partial charge in [-0.2, -0.15) is 0 Å².